The second kappa shape index (κ2) is 12.1. The lowest BCUT2D eigenvalue weighted by atomic mass is 9.82. The zero-order valence-corrected chi connectivity index (χ0v) is 23.8. The van der Waals surface area contributed by atoms with E-state index in [0.29, 0.717) is 42.0 Å². The summed E-state index contributed by atoms with van der Waals surface area (Å²) in [6, 6.07) is 17.6. The maximum atomic E-state index is 13.3. The van der Waals surface area contributed by atoms with Gasteiger partial charge in [-0.15, -0.1) is 0 Å². The number of benzene rings is 2. The van der Waals surface area contributed by atoms with Gasteiger partial charge in [-0.2, -0.15) is 5.10 Å². The quantitative estimate of drug-likeness (QED) is 0.204. The van der Waals surface area contributed by atoms with Gasteiger partial charge in [0.2, 0.25) is 0 Å². The molecule has 8 heteroatoms. The van der Waals surface area contributed by atoms with E-state index in [1.54, 1.807) is 13.3 Å². The largest absolute Gasteiger partial charge is 0.497 e. The Hall–Kier alpha value is -4.20. The topological polar surface area (TPSA) is 82.4 Å². The van der Waals surface area contributed by atoms with Crippen molar-refractivity contribution in [3.8, 4) is 28.6 Å². The SMILES string of the molecule is COc1cc(OCC2CC2)cc(C(=O)CC(C)C2CCN(c3ccnc(-c4cccc(-n5cccn5)c4)n3)CC2)c1. The van der Waals surface area contributed by atoms with Gasteiger partial charge in [0.05, 0.1) is 19.4 Å². The zero-order chi connectivity index (χ0) is 28.2. The van der Waals surface area contributed by atoms with E-state index < -0.39 is 0 Å². The first-order valence-corrected chi connectivity index (χ1v) is 14.6. The Morgan fingerprint density at radius 1 is 1.00 bits per heavy atom. The number of hydrogen-bond acceptors (Lipinski definition) is 7. The second-order valence-corrected chi connectivity index (χ2v) is 11.3. The van der Waals surface area contributed by atoms with Gasteiger partial charge in [0.25, 0.3) is 0 Å². The summed E-state index contributed by atoms with van der Waals surface area (Å²) in [7, 11) is 1.63. The number of rotatable bonds is 11. The predicted octanol–water partition coefficient (Wildman–Crippen LogP) is 6.25. The Morgan fingerprint density at radius 3 is 2.59 bits per heavy atom. The number of carbonyl (C=O) groups is 1. The summed E-state index contributed by atoms with van der Waals surface area (Å²) in [6.45, 7) is 4.73. The molecule has 2 aromatic heterocycles. The highest BCUT2D eigenvalue weighted by molar-refractivity contribution is 5.97. The number of anilines is 1. The van der Waals surface area contributed by atoms with Crippen LogP contribution in [-0.4, -0.2) is 52.3 Å². The average molecular weight is 552 g/mol. The molecule has 6 rings (SSSR count). The van der Waals surface area contributed by atoms with Crippen LogP contribution in [0.25, 0.3) is 17.1 Å². The lowest BCUT2D eigenvalue weighted by Gasteiger charge is -2.35. The maximum Gasteiger partial charge on any atom is 0.163 e. The summed E-state index contributed by atoms with van der Waals surface area (Å²) < 4.78 is 13.2. The van der Waals surface area contributed by atoms with Crippen LogP contribution in [0.1, 0.15) is 49.4 Å². The molecule has 41 heavy (non-hydrogen) atoms. The Bertz CT molecular complexity index is 1480. The number of nitrogens with zero attached hydrogens (tertiary/aromatic N) is 5. The number of hydrogen-bond donors (Lipinski definition) is 0. The molecule has 1 unspecified atom stereocenters. The van der Waals surface area contributed by atoms with Crippen LogP contribution in [-0.2, 0) is 0 Å². The van der Waals surface area contributed by atoms with Gasteiger partial charge in [0.1, 0.15) is 17.3 Å². The minimum atomic E-state index is 0.146. The Labute approximate surface area is 241 Å². The van der Waals surface area contributed by atoms with E-state index in [2.05, 4.69) is 28.0 Å². The first-order valence-electron chi connectivity index (χ1n) is 14.6. The number of piperidine rings is 1. The number of carbonyl (C=O) groups excluding carboxylic acids is 1. The number of Topliss-reactive ketones (excluding diaryl/α,β-unsaturated/α-hetero) is 1. The normalized spacial score (nSPS) is 16.4. The second-order valence-electron chi connectivity index (χ2n) is 11.3. The minimum Gasteiger partial charge on any atom is -0.497 e. The van der Waals surface area contributed by atoms with Crippen molar-refractivity contribution in [2.45, 2.75) is 39.0 Å². The first-order chi connectivity index (χ1) is 20.1. The molecule has 3 heterocycles. The van der Waals surface area contributed by atoms with Gasteiger partial charge in [0.15, 0.2) is 11.6 Å². The molecule has 1 atom stereocenters. The molecular weight excluding hydrogens is 514 g/mol. The summed E-state index contributed by atoms with van der Waals surface area (Å²) in [4.78, 5) is 25.1. The van der Waals surface area contributed by atoms with Crippen LogP contribution in [0.2, 0.25) is 0 Å². The summed E-state index contributed by atoms with van der Waals surface area (Å²) in [5, 5.41) is 4.33. The van der Waals surface area contributed by atoms with Crippen molar-refractivity contribution in [3.63, 3.8) is 0 Å². The van der Waals surface area contributed by atoms with Crippen LogP contribution in [0.15, 0.2) is 73.2 Å². The van der Waals surface area contributed by atoms with Crippen molar-refractivity contribution in [2.24, 2.45) is 17.8 Å². The Balaban J connectivity index is 1.06. The van der Waals surface area contributed by atoms with E-state index in [9.17, 15) is 4.79 Å². The molecule has 212 valence electrons. The highest BCUT2D eigenvalue weighted by Crippen LogP contribution is 2.33. The standard InChI is InChI=1S/C33H37N5O3/c1-23(17-31(39)27-19-29(40-2)21-30(20-27)41-22-24-7-8-24)25-10-15-37(16-11-25)32-9-13-34-33(36-32)26-5-3-6-28(18-26)38-14-4-12-35-38/h3-6,9,12-14,18-21,23-25H,7-8,10-11,15-17,22H2,1-2H3. The summed E-state index contributed by atoms with van der Waals surface area (Å²) in [5.74, 6) is 4.61. The summed E-state index contributed by atoms with van der Waals surface area (Å²) >= 11 is 0. The van der Waals surface area contributed by atoms with E-state index >= 15 is 0 Å². The van der Waals surface area contributed by atoms with Crippen molar-refractivity contribution >= 4 is 11.6 Å². The van der Waals surface area contributed by atoms with Crippen LogP contribution in [0.5, 0.6) is 11.5 Å². The van der Waals surface area contributed by atoms with Gasteiger partial charge in [-0.1, -0.05) is 19.1 Å². The molecule has 2 aromatic carbocycles. The fraction of sp³-hybridized carbons (Fsp3) is 0.394. The molecule has 1 saturated carbocycles. The summed E-state index contributed by atoms with van der Waals surface area (Å²) in [5.41, 5.74) is 2.60. The Morgan fingerprint density at radius 2 is 1.83 bits per heavy atom. The van der Waals surface area contributed by atoms with Crippen molar-refractivity contribution in [1.82, 2.24) is 19.7 Å². The molecule has 0 amide bonds. The average Bonchev–Trinajstić information content (AvgIpc) is 3.69. The van der Waals surface area contributed by atoms with E-state index in [1.165, 1.54) is 12.8 Å². The fourth-order valence-electron chi connectivity index (χ4n) is 5.58. The monoisotopic (exact) mass is 551 g/mol. The van der Waals surface area contributed by atoms with E-state index in [4.69, 9.17) is 14.5 Å². The van der Waals surface area contributed by atoms with Crippen molar-refractivity contribution < 1.29 is 14.3 Å². The molecule has 0 spiro atoms. The van der Waals surface area contributed by atoms with E-state index in [1.807, 2.05) is 65.6 Å². The summed E-state index contributed by atoms with van der Waals surface area (Å²) in [6.07, 6.45) is 10.5. The van der Waals surface area contributed by atoms with Crippen molar-refractivity contribution in [1.29, 1.82) is 0 Å². The molecule has 4 aromatic rings. The van der Waals surface area contributed by atoms with Gasteiger partial charge in [0, 0.05) is 55.3 Å². The number of aromatic nitrogens is 4. The highest BCUT2D eigenvalue weighted by Gasteiger charge is 2.27. The van der Waals surface area contributed by atoms with Gasteiger partial charge < -0.3 is 14.4 Å². The molecule has 2 fully saturated rings. The molecule has 1 saturated heterocycles. The molecule has 0 bridgehead atoms. The van der Waals surface area contributed by atoms with Crippen LogP contribution >= 0.6 is 0 Å². The third kappa shape index (κ3) is 6.59. The van der Waals surface area contributed by atoms with Gasteiger partial charge in [-0.05, 0) is 79.8 Å². The lowest BCUT2D eigenvalue weighted by molar-refractivity contribution is 0.0942. The number of ether oxygens (including phenoxy) is 2. The third-order valence-electron chi connectivity index (χ3n) is 8.31. The molecular formula is C33H37N5O3. The van der Waals surface area contributed by atoms with Gasteiger partial charge in [-0.3, -0.25) is 4.79 Å². The molecule has 0 radical (unpaired) electrons. The number of methoxy groups -OCH3 is 1. The minimum absolute atomic E-state index is 0.146. The first kappa shape index (κ1) is 27.0. The molecule has 1 aliphatic heterocycles. The fourth-order valence-corrected chi connectivity index (χ4v) is 5.58. The molecule has 1 aliphatic carbocycles. The van der Waals surface area contributed by atoms with Crippen LogP contribution < -0.4 is 14.4 Å². The lowest BCUT2D eigenvalue weighted by Crippen LogP contribution is -2.36. The van der Waals surface area contributed by atoms with E-state index in [-0.39, 0.29) is 11.7 Å². The van der Waals surface area contributed by atoms with Gasteiger partial charge >= 0.3 is 0 Å². The van der Waals surface area contributed by atoms with Crippen molar-refractivity contribution in [3.05, 3.63) is 78.8 Å². The Kier molecular flexibility index (Phi) is 7.98. The van der Waals surface area contributed by atoms with Crippen LogP contribution in [0, 0.1) is 17.8 Å². The third-order valence-corrected chi connectivity index (χ3v) is 8.31. The maximum absolute atomic E-state index is 13.3. The molecule has 2 aliphatic rings. The van der Waals surface area contributed by atoms with Crippen molar-refractivity contribution in [2.75, 3.05) is 31.7 Å². The van der Waals surface area contributed by atoms with E-state index in [0.717, 1.165) is 48.7 Å². The molecule has 0 N–H and O–H groups in total. The predicted molar refractivity (Wildman–Crippen MR) is 159 cm³/mol. The number of ketones is 1. The smallest absolute Gasteiger partial charge is 0.163 e. The van der Waals surface area contributed by atoms with Crippen LogP contribution in [0.4, 0.5) is 5.82 Å². The van der Waals surface area contributed by atoms with Crippen LogP contribution in [0.3, 0.4) is 0 Å². The highest BCUT2D eigenvalue weighted by atomic mass is 16.5. The molecule has 8 nitrogen and oxygen atoms in total. The van der Waals surface area contributed by atoms with Gasteiger partial charge in [-0.25, -0.2) is 14.6 Å². The zero-order valence-electron chi connectivity index (χ0n) is 23.8.